The number of para-hydroxylation sites is 1. The van der Waals surface area contributed by atoms with Gasteiger partial charge in [0.15, 0.2) is 6.61 Å². The molecule has 0 spiro atoms. The Kier molecular flexibility index (Phi) is 5.94. The molecule has 2 aromatic carbocycles. The van der Waals surface area contributed by atoms with E-state index in [0.717, 1.165) is 17.6 Å². The van der Waals surface area contributed by atoms with E-state index in [-0.39, 0.29) is 19.1 Å². The largest absolute Gasteiger partial charge is 0.483 e. The van der Waals surface area contributed by atoms with Crippen molar-refractivity contribution in [2.45, 2.75) is 6.61 Å². The molecule has 0 aromatic heterocycles. The van der Waals surface area contributed by atoms with Gasteiger partial charge in [0.25, 0.3) is 5.91 Å². The lowest BCUT2D eigenvalue weighted by molar-refractivity contribution is -0.133. The Morgan fingerprint density at radius 3 is 2.48 bits per heavy atom. The lowest BCUT2D eigenvalue weighted by Crippen LogP contribution is -2.50. The molecule has 1 amide bonds. The highest BCUT2D eigenvalue weighted by atomic mass is 79.9. The van der Waals surface area contributed by atoms with E-state index in [4.69, 9.17) is 4.74 Å². The summed E-state index contributed by atoms with van der Waals surface area (Å²) in [6.07, 6.45) is 0. The molecule has 1 N–H and O–H groups in total. The molecule has 0 atom stereocenters. The first-order chi connectivity index (χ1) is 12.2. The first-order valence-corrected chi connectivity index (χ1v) is 9.06. The van der Waals surface area contributed by atoms with Crippen molar-refractivity contribution >= 4 is 27.5 Å². The van der Waals surface area contributed by atoms with Crippen LogP contribution in [-0.4, -0.2) is 48.7 Å². The van der Waals surface area contributed by atoms with Gasteiger partial charge in [-0.1, -0.05) is 34.1 Å². The highest BCUT2D eigenvalue weighted by molar-refractivity contribution is 9.10. The van der Waals surface area contributed by atoms with Crippen LogP contribution in [0, 0.1) is 0 Å². The molecule has 132 valence electrons. The van der Waals surface area contributed by atoms with E-state index < -0.39 is 0 Å². The van der Waals surface area contributed by atoms with Crippen LogP contribution in [0.5, 0.6) is 5.75 Å². The van der Waals surface area contributed by atoms with Gasteiger partial charge in [-0.2, -0.15) is 0 Å². The second-order valence-corrected chi connectivity index (χ2v) is 6.82. The second-order valence-electron chi connectivity index (χ2n) is 5.90. The fraction of sp³-hybridized carbons (Fsp3) is 0.316. The van der Waals surface area contributed by atoms with Crippen LogP contribution in [0.4, 0.5) is 5.69 Å². The first kappa shape index (κ1) is 17.8. The fourth-order valence-electron chi connectivity index (χ4n) is 2.90. The molecule has 3 rings (SSSR count). The molecule has 1 aliphatic heterocycles. The molecule has 1 aliphatic rings. The Hall–Kier alpha value is -2.05. The zero-order chi connectivity index (χ0) is 17.6. The third kappa shape index (κ3) is 4.52. The Morgan fingerprint density at radius 2 is 1.80 bits per heavy atom. The first-order valence-electron chi connectivity index (χ1n) is 8.27. The van der Waals surface area contributed by atoms with Gasteiger partial charge in [-0.3, -0.25) is 4.79 Å². The van der Waals surface area contributed by atoms with E-state index in [1.54, 1.807) is 12.1 Å². The van der Waals surface area contributed by atoms with Crippen molar-refractivity contribution in [2.75, 3.05) is 37.7 Å². The number of anilines is 1. The van der Waals surface area contributed by atoms with Crippen LogP contribution < -0.4 is 9.64 Å². The molecule has 0 radical (unpaired) electrons. The number of nitrogens with zero attached hydrogens (tertiary/aromatic N) is 2. The summed E-state index contributed by atoms with van der Waals surface area (Å²) in [7, 11) is 0. The maximum atomic E-state index is 12.4. The zero-order valence-electron chi connectivity index (χ0n) is 13.9. The van der Waals surface area contributed by atoms with Crippen molar-refractivity contribution in [1.29, 1.82) is 0 Å². The molecular weight excluding hydrogens is 384 g/mol. The van der Waals surface area contributed by atoms with Crippen molar-refractivity contribution in [3.63, 3.8) is 0 Å². The summed E-state index contributed by atoms with van der Waals surface area (Å²) in [5, 5.41) is 9.39. The summed E-state index contributed by atoms with van der Waals surface area (Å²) in [5.41, 5.74) is 1.85. The normalized spacial score (nSPS) is 14.5. The van der Waals surface area contributed by atoms with Gasteiger partial charge in [0.2, 0.25) is 0 Å². The van der Waals surface area contributed by atoms with Crippen LogP contribution in [-0.2, 0) is 11.4 Å². The van der Waals surface area contributed by atoms with Crippen LogP contribution in [0.15, 0.2) is 53.0 Å². The van der Waals surface area contributed by atoms with E-state index in [1.807, 2.05) is 29.2 Å². The Morgan fingerprint density at radius 1 is 1.08 bits per heavy atom. The number of aliphatic hydroxyl groups is 1. The van der Waals surface area contributed by atoms with Gasteiger partial charge in [0.1, 0.15) is 5.75 Å². The Labute approximate surface area is 155 Å². The number of carbonyl (C=O) groups excluding carboxylic acids is 1. The smallest absolute Gasteiger partial charge is 0.260 e. The summed E-state index contributed by atoms with van der Waals surface area (Å²) < 4.78 is 6.49. The maximum absolute atomic E-state index is 12.4. The molecule has 0 saturated carbocycles. The minimum absolute atomic E-state index is 0.0139. The number of benzene rings is 2. The summed E-state index contributed by atoms with van der Waals surface area (Å²) in [6, 6.07) is 15.6. The second kappa shape index (κ2) is 8.36. The van der Waals surface area contributed by atoms with Crippen molar-refractivity contribution in [3.05, 3.63) is 58.6 Å². The number of amides is 1. The summed E-state index contributed by atoms with van der Waals surface area (Å²) in [4.78, 5) is 16.5. The zero-order valence-corrected chi connectivity index (χ0v) is 15.5. The average Bonchev–Trinajstić information content (AvgIpc) is 2.67. The molecular formula is C19H21BrN2O3. The predicted octanol–water partition coefficient (Wildman–Crippen LogP) is 2.67. The number of halogens is 1. The summed E-state index contributed by atoms with van der Waals surface area (Å²) in [5.74, 6) is 0.515. The van der Waals surface area contributed by atoms with Gasteiger partial charge in [0.05, 0.1) is 6.61 Å². The molecule has 25 heavy (non-hydrogen) atoms. The fourth-order valence-corrected chi connectivity index (χ4v) is 3.30. The van der Waals surface area contributed by atoms with E-state index in [1.165, 1.54) is 5.69 Å². The summed E-state index contributed by atoms with van der Waals surface area (Å²) in [6.45, 7) is 2.86. The van der Waals surface area contributed by atoms with Crippen molar-refractivity contribution in [2.24, 2.45) is 0 Å². The lowest BCUT2D eigenvalue weighted by atomic mass is 10.2. The summed E-state index contributed by atoms with van der Waals surface area (Å²) >= 11 is 3.36. The number of piperazine rings is 1. The highest BCUT2D eigenvalue weighted by Crippen LogP contribution is 2.23. The monoisotopic (exact) mass is 404 g/mol. The molecule has 0 unspecified atom stereocenters. The Bertz CT molecular complexity index is 716. The van der Waals surface area contributed by atoms with E-state index >= 15 is 0 Å². The number of aliphatic hydroxyl groups excluding tert-OH is 1. The molecule has 2 aromatic rings. The number of hydrogen-bond acceptors (Lipinski definition) is 4. The molecule has 5 nitrogen and oxygen atoms in total. The van der Waals surface area contributed by atoms with Gasteiger partial charge in [-0.05, 0) is 30.3 Å². The number of rotatable bonds is 5. The van der Waals surface area contributed by atoms with Crippen LogP contribution in [0.25, 0.3) is 0 Å². The van der Waals surface area contributed by atoms with E-state index in [9.17, 15) is 9.90 Å². The van der Waals surface area contributed by atoms with Crippen LogP contribution in [0.2, 0.25) is 0 Å². The molecule has 0 aliphatic carbocycles. The quantitative estimate of drug-likeness (QED) is 0.831. The molecule has 0 bridgehead atoms. The van der Waals surface area contributed by atoms with Gasteiger partial charge >= 0.3 is 0 Å². The molecule has 6 heteroatoms. The van der Waals surface area contributed by atoms with Crippen molar-refractivity contribution < 1.29 is 14.6 Å². The van der Waals surface area contributed by atoms with Crippen LogP contribution >= 0.6 is 15.9 Å². The molecule has 1 saturated heterocycles. The maximum Gasteiger partial charge on any atom is 0.260 e. The Balaban J connectivity index is 1.52. The molecule has 1 fully saturated rings. The van der Waals surface area contributed by atoms with Gasteiger partial charge < -0.3 is 19.6 Å². The molecule has 1 heterocycles. The van der Waals surface area contributed by atoms with Crippen LogP contribution in [0.1, 0.15) is 5.56 Å². The standard InChI is InChI=1S/C19H21BrN2O3/c20-16-6-7-18(15(12-16)13-23)25-14-19(24)22-10-8-21(9-11-22)17-4-2-1-3-5-17/h1-7,12,23H,8-11,13-14H2. The topological polar surface area (TPSA) is 53.0 Å². The number of hydrogen-bond donors (Lipinski definition) is 1. The third-order valence-corrected chi connectivity index (χ3v) is 4.79. The predicted molar refractivity (Wildman–Crippen MR) is 101 cm³/mol. The van der Waals surface area contributed by atoms with Crippen molar-refractivity contribution in [1.82, 2.24) is 4.90 Å². The van der Waals surface area contributed by atoms with Gasteiger partial charge in [-0.15, -0.1) is 0 Å². The minimum Gasteiger partial charge on any atom is -0.483 e. The van der Waals surface area contributed by atoms with Gasteiger partial charge in [-0.25, -0.2) is 0 Å². The van der Waals surface area contributed by atoms with Crippen molar-refractivity contribution in [3.8, 4) is 5.75 Å². The minimum atomic E-state index is -0.126. The SMILES string of the molecule is O=C(COc1ccc(Br)cc1CO)N1CCN(c2ccccc2)CC1. The van der Waals surface area contributed by atoms with E-state index in [2.05, 4.69) is 33.0 Å². The van der Waals surface area contributed by atoms with E-state index in [0.29, 0.717) is 24.4 Å². The van der Waals surface area contributed by atoms with Gasteiger partial charge in [0, 0.05) is 41.9 Å². The highest BCUT2D eigenvalue weighted by Gasteiger charge is 2.21. The third-order valence-electron chi connectivity index (χ3n) is 4.30. The van der Waals surface area contributed by atoms with Crippen LogP contribution in [0.3, 0.4) is 0 Å². The number of ether oxygens (including phenoxy) is 1. The lowest BCUT2D eigenvalue weighted by Gasteiger charge is -2.36. The average molecular weight is 405 g/mol. The number of carbonyl (C=O) groups is 1.